The summed E-state index contributed by atoms with van der Waals surface area (Å²) in [6.45, 7) is 9.08. The van der Waals surface area contributed by atoms with Gasteiger partial charge in [0, 0.05) is 26.2 Å². The summed E-state index contributed by atoms with van der Waals surface area (Å²) in [4.78, 5) is 7.38. The van der Waals surface area contributed by atoms with E-state index in [4.69, 9.17) is 4.99 Å². The van der Waals surface area contributed by atoms with Crippen LogP contribution in [0.15, 0.2) is 4.99 Å². The van der Waals surface area contributed by atoms with Crippen molar-refractivity contribution in [2.75, 3.05) is 26.2 Å². The Morgan fingerprint density at radius 3 is 2.66 bits per heavy atom. The molecule has 1 saturated carbocycles. The number of hydrogen-bond acceptors (Lipinski definition) is 4. The summed E-state index contributed by atoms with van der Waals surface area (Å²) in [5, 5.41) is 15.5. The van der Waals surface area contributed by atoms with Crippen LogP contribution in [-0.4, -0.2) is 57.8 Å². The molecule has 1 aromatic rings. The van der Waals surface area contributed by atoms with Crippen LogP contribution in [0, 0.1) is 12.8 Å². The van der Waals surface area contributed by atoms with Crippen LogP contribution in [0.25, 0.3) is 0 Å². The molecule has 7 heteroatoms. The van der Waals surface area contributed by atoms with Crippen molar-refractivity contribution >= 4 is 5.96 Å². The molecule has 2 fully saturated rings. The molecule has 0 aromatic carbocycles. The third-order valence-corrected chi connectivity index (χ3v) is 6.78. The van der Waals surface area contributed by atoms with Crippen LogP contribution in [0.2, 0.25) is 0 Å². The minimum atomic E-state index is 0.552. The molecular formula is C22H41N7. The maximum atomic E-state index is 4.81. The first kappa shape index (κ1) is 22.1. The molecule has 164 valence electrons. The van der Waals surface area contributed by atoms with Gasteiger partial charge in [0.1, 0.15) is 12.4 Å². The molecule has 29 heavy (non-hydrogen) atoms. The van der Waals surface area contributed by atoms with Gasteiger partial charge in [-0.15, -0.1) is 10.2 Å². The van der Waals surface area contributed by atoms with E-state index in [9.17, 15) is 0 Å². The lowest BCUT2D eigenvalue weighted by Gasteiger charge is -2.24. The summed E-state index contributed by atoms with van der Waals surface area (Å²) in [6.07, 6.45) is 12.3. The fourth-order valence-corrected chi connectivity index (χ4v) is 4.73. The molecule has 0 spiro atoms. The molecule has 1 aliphatic carbocycles. The number of aromatic nitrogens is 3. The number of likely N-dealkylation sites (N-methyl/N-ethyl adjacent to an activating group) is 1. The van der Waals surface area contributed by atoms with Gasteiger partial charge in [0.2, 0.25) is 0 Å². The molecule has 1 unspecified atom stereocenters. The molecule has 3 rings (SSSR count). The van der Waals surface area contributed by atoms with Crippen molar-refractivity contribution in [2.45, 2.75) is 84.2 Å². The zero-order chi connectivity index (χ0) is 20.5. The van der Waals surface area contributed by atoms with Crippen molar-refractivity contribution in [2.24, 2.45) is 18.0 Å². The van der Waals surface area contributed by atoms with E-state index >= 15 is 0 Å². The summed E-state index contributed by atoms with van der Waals surface area (Å²) in [6, 6.07) is 0.617. The topological polar surface area (TPSA) is 70.4 Å². The number of rotatable bonds is 10. The largest absolute Gasteiger partial charge is 0.356 e. The van der Waals surface area contributed by atoms with Crippen LogP contribution < -0.4 is 10.6 Å². The Balaban J connectivity index is 1.47. The smallest absolute Gasteiger partial charge is 0.191 e. The van der Waals surface area contributed by atoms with Crippen molar-refractivity contribution in [1.82, 2.24) is 30.3 Å². The van der Waals surface area contributed by atoms with Crippen molar-refractivity contribution in [1.29, 1.82) is 0 Å². The Labute approximate surface area is 176 Å². The normalized spacial score (nSPS) is 21.2. The minimum absolute atomic E-state index is 0.552. The van der Waals surface area contributed by atoms with Crippen LogP contribution in [0.3, 0.4) is 0 Å². The van der Waals surface area contributed by atoms with Gasteiger partial charge in [-0.25, -0.2) is 4.99 Å². The van der Waals surface area contributed by atoms with E-state index in [0.29, 0.717) is 12.6 Å². The summed E-state index contributed by atoms with van der Waals surface area (Å²) in [7, 11) is 2.00. The fraction of sp³-hybridized carbons (Fsp3) is 0.864. The van der Waals surface area contributed by atoms with Gasteiger partial charge in [0.25, 0.3) is 0 Å². The second-order valence-electron chi connectivity index (χ2n) is 8.77. The highest BCUT2D eigenvalue weighted by Gasteiger charge is 2.22. The van der Waals surface area contributed by atoms with E-state index in [-0.39, 0.29) is 0 Å². The number of hydrogen-bond donors (Lipinski definition) is 2. The molecule has 0 amide bonds. The summed E-state index contributed by atoms with van der Waals surface area (Å²) < 4.78 is 2.01. The Hall–Kier alpha value is -1.63. The van der Waals surface area contributed by atoms with Gasteiger partial charge in [-0.05, 0) is 45.2 Å². The first-order valence-corrected chi connectivity index (χ1v) is 11.8. The highest BCUT2D eigenvalue weighted by molar-refractivity contribution is 5.79. The van der Waals surface area contributed by atoms with Gasteiger partial charge >= 0.3 is 0 Å². The van der Waals surface area contributed by atoms with E-state index in [1.807, 2.05) is 18.5 Å². The molecule has 7 nitrogen and oxygen atoms in total. The van der Waals surface area contributed by atoms with Crippen LogP contribution in [-0.2, 0) is 13.6 Å². The Morgan fingerprint density at radius 1 is 1.10 bits per heavy atom. The Morgan fingerprint density at radius 2 is 1.93 bits per heavy atom. The predicted octanol–water partition coefficient (Wildman–Crippen LogP) is 3.00. The molecule has 1 aromatic heterocycles. The van der Waals surface area contributed by atoms with Gasteiger partial charge in [0.15, 0.2) is 11.8 Å². The Bertz CT molecular complexity index is 633. The van der Waals surface area contributed by atoms with E-state index in [2.05, 4.69) is 32.7 Å². The van der Waals surface area contributed by atoms with E-state index in [0.717, 1.165) is 43.2 Å². The van der Waals surface area contributed by atoms with Crippen molar-refractivity contribution in [3.8, 4) is 0 Å². The van der Waals surface area contributed by atoms with Gasteiger partial charge in [-0.3, -0.25) is 4.90 Å². The molecule has 0 bridgehead atoms. The van der Waals surface area contributed by atoms with Gasteiger partial charge in [-0.2, -0.15) is 0 Å². The molecule has 0 radical (unpaired) electrons. The first-order chi connectivity index (χ1) is 14.2. The monoisotopic (exact) mass is 403 g/mol. The lowest BCUT2D eigenvalue weighted by molar-refractivity contribution is 0.267. The highest BCUT2D eigenvalue weighted by Crippen LogP contribution is 2.28. The maximum Gasteiger partial charge on any atom is 0.191 e. The quantitative estimate of drug-likeness (QED) is 0.357. The third kappa shape index (κ3) is 6.69. The van der Waals surface area contributed by atoms with E-state index in [1.165, 1.54) is 64.3 Å². The van der Waals surface area contributed by atoms with Gasteiger partial charge in [-0.1, -0.05) is 45.4 Å². The zero-order valence-corrected chi connectivity index (χ0v) is 18.8. The molecule has 1 saturated heterocycles. The van der Waals surface area contributed by atoms with E-state index < -0.39 is 0 Å². The average molecular weight is 404 g/mol. The fourth-order valence-electron chi connectivity index (χ4n) is 4.73. The van der Waals surface area contributed by atoms with Gasteiger partial charge < -0.3 is 15.2 Å². The molecule has 2 N–H and O–H groups in total. The zero-order valence-electron chi connectivity index (χ0n) is 18.8. The average Bonchev–Trinajstić information content (AvgIpc) is 3.47. The highest BCUT2D eigenvalue weighted by atomic mass is 15.3. The molecule has 2 heterocycles. The number of nitrogens with zero attached hydrogens (tertiary/aromatic N) is 5. The second kappa shape index (κ2) is 11.5. The summed E-state index contributed by atoms with van der Waals surface area (Å²) in [5.41, 5.74) is 0. The maximum absolute atomic E-state index is 4.81. The molecule has 2 aliphatic rings. The standard InChI is InChI=1S/C22H41N7/c1-4-29-15-9-13-20(29)16-24-22(25-17-21-27-26-18(2)28(21)3)23-14-8-7-12-19-10-5-6-11-19/h19-20H,4-17H2,1-3H3,(H2,23,24,25). The molecule has 1 aliphatic heterocycles. The lowest BCUT2D eigenvalue weighted by Crippen LogP contribution is -2.45. The number of guanidine groups is 1. The van der Waals surface area contributed by atoms with Crippen molar-refractivity contribution in [3.63, 3.8) is 0 Å². The first-order valence-electron chi connectivity index (χ1n) is 11.8. The van der Waals surface area contributed by atoms with Crippen LogP contribution in [0.5, 0.6) is 0 Å². The van der Waals surface area contributed by atoms with Crippen LogP contribution in [0.1, 0.15) is 76.4 Å². The van der Waals surface area contributed by atoms with Crippen molar-refractivity contribution in [3.05, 3.63) is 11.6 Å². The lowest BCUT2D eigenvalue weighted by atomic mass is 10.0. The number of aliphatic imine (C=N–C) groups is 1. The van der Waals surface area contributed by atoms with Crippen molar-refractivity contribution < 1.29 is 0 Å². The van der Waals surface area contributed by atoms with Crippen LogP contribution >= 0.6 is 0 Å². The molecule has 1 atom stereocenters. The summed E-state index contributed by atoms with van der Waals surface area (Å²) in [5.74, 6) is 3.73. The minimum Gasteiger partial charge on any atom is -0.356 e. The third-order valence-electron chi connectivity index (χ3n) is 6.78. The number of nitrogens with one attached hydrogen (secondary N) is 2. The SMILES string of the molecule is CCN1CCCC1CNC(=NCc1nnc(C)n1C)NCCCCC1CCCC1. The summed E-state index contributed by atoms with van der Waals surface area (Å²) >= 11 is 0. The molecular weight excluding hydrogens is 362 g/mol. The second-order valence-corrected chi connectivity index (χ2v) is 8.77. The predicted molar refractivity (Wildman–Crippen MR) is 119 cm³/mol. The van der Waals surface area contributed by atoms with E-state index in [1.54, 1.807) is 0 Å². The Kier molecular flexibility index (Phi) is 8.77. The van der Waals surface area contributed by atoms with Gasteiger partial charge in [0.05, 0.1) is 0 Å². The van der Waals surface area contributed by atoms with Crippen LogP contribution in [0.4, 0.5) is 0 Å². The number of likely N-dealkylation sites (tertiary alicyclic amines) is 1. The number of unbranched alkanes of at least 4 members (excludes halogenated alkanes) is 1. The number of aryl methyl sites for hydroxylation is 1.